The molecule has 0 aliphatic heterocycles. The van der Waals surface area contributed by atoms with Crippen LogP contribution in [0.25, 0.3) is 0 Å². The highest BCUT2D eigenvalue weighted by atomic mass is 15.5. The van der Waals surface area contributed by atoms with Crippen LogP contribution < -0.4 is 5.73 Å². The van der Waals surface area contributed by atoms with Gasteiger partial charge in [0.15, 0.2) is 5.82 Å². The Labute approximate surface area is 106 Å². The third kappa shape index (κ3) is 1.92. The van der Waals surface area contributed by atoms with Crippen molar-refractivity contribution < 1.29 is 0 Å². The second kappa shape index (κ2) is 3.91. The first-order chi connectivity index (χ1) is 8.55. The molecule has 2 aromatic heterocycles. The fourth-order valence-electron chi connectivity index (χ4n) is 2.84. The zero-order chi connectivity index (χ0) is 12.8. The summed E-state index contributed by atoms with van der Waals surface area (Å²) in [4.78, 5) is 0. The van der Waals surface area contributed by atoms with Crippen LogP contribution in [-0.4, -0.2) is 25.2 Å². The first kappa shape index (κ1) is 11.4. The van der Waals surface area contributed by atoms with Crippen LogP contribution in [0.5, 0.6) is 0 Å². The Kier molecular flexibility index (Phi) is 2.48. The minimum absolute atomic E-state index is 0.135. The van der Waals surface area contributed by atoms with Gasteiger partial charge >= 0.3 is 0 Å². The number of nitrogens with one attached hydrogen (secondary N) is 1. The van der Waals surface area contributed by atoms with Crippen molar-refractivity contribution in [3.8, 4) is 0 Å². The lowest BCUT2D eigenvalue weighted by Crippen LogP contribution is -2.30. The van der Waals surface area contributed by atoms with Crippen molar-refractivity contribution in [3.05, 3.63) is 29.3 Å². The van der Waals surface area contributed by atoms with Gasteiger partial charge in [0, 0.05) is 17.9 Å². The van der Waals surface area contributed by atoms with Gasteiger partial charge in [-0.05, 0) is 29.9 Å². The van der Waals surface area contributed by atoms with Crippen molar-refractivity contribution in [2.75, 3.05) is 0 Å². The molecular formula is C12H18N6. The molecule has 3 rings (SSSR count). The lowest BCUT2D eigenvalue weighted by Gasteiger charge is -2.34. The van der Waals surface area contributed by atoms with Crippen molar-refractivity contribution in [2.45, 2.75) is 39.3 Å². The monoisotopic (exact) mass is 246 g/mol. The molecule has 1 unspecified atom stereocenters. The second-order valence-electron chi connectivity index (χ2n) is 5.83. The van der Waals surface area contributed by atoms with E-state index in [-0.39, 0.29) is 11.5 Å². The number of nitrogens with two attached hydrogens (primary N) is 1. The van der Waals surface area contributed by atoms with Crippen LogP contribution in [0.15, 0.2) is 12.3 Å². The molecule has 0 aromatic carbocycles. The quantitative estimate of drug-likeness (QED) is 0.828. The molecule has 1 atom stereocenters. The molecule has 0 amide bonds. The van der Waals surface area contributed by atoms with E-state index in [2.05, 4.69) is 51.3 Å². The van der Waals surface area contributed by atoms with E-state index >= 15 is 0 Å². The summed E-state index contributed by atoms with van der Waals surface area (Å²) < 4.78 is 2.18. The fourth-order valence-corrected chi connectivity index (χ4v) is 2.84. The molecule has 0 bridgehead atoms. The lowest BCUT2D eigenvalue weighted by molar-refractivity contribution is 0.276. The number of rotatable bonds is 2. The predicted octanol–water partition coefficient (Wildman–Crippen LogP) is 1.02. The van der Waals surface area contributed by atoms with E-state index in [0.717, 1.165) is 12.8 Å². The summed E-state index contributed by atoms with van der Waals surface area (Å²) in [6, 6.07) is 2.25. The van der Waals surface area contributed by atoms with Gasteiger partial charge in [-0.25, -0.2) is 0 Å². The van der Waals surface area contributed by atoms with E-state index in [4.69, 9.17) is 5.73 Å². The number of tetrazole rings is 1. The molecule has 0 saturated carbocycles. The molecule has 3 N–H and O–H groups in total. The van der Waals surface area contributed by atoms with Crippen LogP contribution in [-0.2, 0) is 13.0 Å². The molecule has 18 heavy (non-hydrogen) atoms. The molecule has 1 aliphatic rings. The number of fused-ring (bicyclic) bond motifs is 1. The highest BCUT2D eigenvalue weighted by Gasteiger charge is 2.32. The maximum absolute atomic E-state index is 6.25. The summed E-state index contributed by atoms with van der Waals surface area (Å²) in [6.45, 7) is 5.18. The maximum Gasteiger partial charge on any atom is 0.194 e. The van der Waals surface area contributed by atoms with Crippen molar-refractivity contribution in [2.24, 2.45) is 11.1 Å². The normalized spacial score (nSPS) is 21.8. The highest BCUT2D eigenvalue weighted by Crippen LogP contribution is 2.39. The number of H-pyrrole nitrogens is 1. The Hall–Kier alpha value is -1.69. The Morgan fingerprint density at radius 3 is 3.11 bits per heavy atom. The number of hydrogen-bond acceptors (Lipinski definition) is 4. The van der Waals surface area contributed by atoms with Gasteiger partial charge in [-0.2, -0.15) is 5.21 Å². The summed E-state index contributed by atoms with van der Waals surface area (Å²) in [7, 11) is 0. The standard InChI is InChI=1S/C12H18N6/c1-12(2)5-9(13)8-3-4-18(10(8)6-12)7-11-14-16-17-15-11/h3-4,9H,5-7,13H2,1-2H3,(H,14,15,16,17). The first-order valence-electron chi connectivity index (χ1n) is 6.21. The van der Waals surface area contributed by atoms with Gasteiger partial charge in [-0.15, -0.1) is 10.2 Å². The Balaban J connectivity index is 1.94. The zero-order valence-electron chi connectivity index (χ0n) is 10.7. The second-order valence-corrected chi connectivity index (χ2v) is 5.83. The number of hydrogen-bond donors (Lipinski definition) is 2. The molecule has 6 nitrogen and oxygen atoms in total. The molecule has 0 spiro atoms. The number of aromatic amines is 1. The van der Waals surface area contributed by atoms with Gasteiger partial charge in [0.2, 0.25) is 0 Å². The van der Waals surface area contributed by atoms with E-state index in [1.807, 2.05) is 0 Å². The van der Waals surface area contributed by atoms with Crippen molar-refractivity contribution in [1.29, 1.82) is 0 Å². The minimum Gasteiger partial charge on any atom is -0.343 e. The van der Waals surface area contributed by atoms with E-state index in [1.165, 1.54) is 11.3 Å². The Morgan fingerprint density at radius 1 is 1.56 bits per heavy atom. The highest BCUT2D eigenvalue weighted by molar-refractivity contribution is 5.30. The van der Waals surface area contributed by atoms with E-state index < -0.39 is 0 Å². The van der Waals surface area contributed by atoms with Crippen molar-refractivity contribution in [1.82, 2.24) is 25.2 Å². The van der Waals surface area contributed by atoms with E-state index in [1.54, 1.807) is 0 Å². The first-order valence-corrected chi connectivity index (χ1v) is 6.21. The molecule has 0 radical (unpaired) electrons. The molecule has 2 aromatic rings. The van der Waals surface area contributed by atoms with Gasteiger partial charge in [0.1, 0.15) is 0 Å². The largest absolute Gasteiger partial charge is 0.343 e. The third-order valence-electron chi connectivity index (χ3n) is 3.63. The number of aromatic nitrogens is 5. The molecule has 0 saturated heterocycles. The van der Waals surface area contributed by atoms with Crippen LogP contribution in [0, 0.1) is 5.41 Å². The summed E-state index contributed by atoms with van der Waals surface area (Å²) >= 11 is 0. The van der Waals surface area contributed by atoms with Crippen molar-refractivity contribution >= 4 is 0 Å². The Bertz CT molecular complexity index is 539. The summed E-state index contributed by atoms with van der Waals surface area (Å²) in [5.74, 6) is 0.699. The van der Waals surface area contributed by atoms with E-state index in [9.17, 15) is 0 Å². The molecule has 2 heterocycles. The summed E-state index contributed by atoms with van der Waals surface area (Å²) in [5, 5.41) is 14.1. The zero-order valence-corrected chi connectivity index (χ0v) is 10.7. The predicted molar refractivity (Wildman–Crippen MR) is 66.7 cm³/mol. The molecule has 96 valence electrons. The summed E-state index contributed by atoms with van der Waals surface area (Å²) in [5.41, 5.74) is 9.07. The average molecular weight is 246 g/mol. The van der Waals surface area contributed by atoms with Crippen LogP contribution >= 0.6 is 0 Å². The molecule has 0 fully saturated rings. The topological polar surface area (TPSA) is 85.4 Å². The molecular weight excluding hydrogens is 228 g/mol. The average Bonchev–Trinajstić information content (AvgIpc) is 2.88. The van der Waals surface area contributed by atoms with Crippen LogP contribution in [0.2, 0.25) is 0 Å². The minimum atomic E-state index is 0.135. The lowest BCUT2D eigenvalue weighted by atomic mass is 9.74. The van der Waals surface area contributed by atoms with Gasteiger partial charge in [-0.1, -0.05) is 19.1 Å². The summed E-state index contributed by atoms with van der Waals surface area (Å²) in [6.07, 6.45) is 4.15. The van der Waals surface area contributed by atoms with Crippen LogP contribution in [0.4, 0.5) is 0 Å². The Morgan fingerprint density at radius 2 is 2.39 bits per heavy atom. The van der Waals surface area contributed by atoms with Crippen LogP contribution in [0.1, 0.15) is 43.4 Å². The van der Waals surface area contributed by atoms with Gasteiger partial charge in [0.25, 0.3) is 0 Å². The fraction of sp³-hybridized carbons (Fsp3) is 0.583. The maximum atomic E-state index is 6.25. The van der Waals surface area contributed by atoms with Gasteiger partial charge < -0.3 is 10.3 Å². The van der Waals surface area contributed by atoms with E-state index in [0.29, 0.717) is 12.4 Å². The smallest absolute Gasteiger partial charge is 0.194 e. The number of nitrogens with zero attached hydrogens (tertiary/aromatic N) is 4. The van der Waals surface area contributed by atoms with Gasteiger partial charge in [-0.3, -0.25) is 0 Å². The third-order valence-corrected chi connectivity index (χ3v) is 3.63. The van der Waals surface area contributed by atoms with Crippen LogP contribution in [0.3, 0.4) is 0 Å². The van der Waals surface area contributed by atoms with Crippen molar-refractivity contribution in [3.63, 3.8) is 0 Å². The molecule has 1 aliphatic carbocycles. The SMILES string of the molecule is CC1(C)Cc2c(ccn2Cc2nn[nH]n2)C(N)C1. The van der Waals surface area contributed by atoms with Gasteiger partial charge in [0.05, 0.1) is 6.54 Å². The molecule has 6 heteroatoms.